The van der Waals surface area contributed by atoms with Crippen LogP contribution in [0.25, 0.3) is 0 Å². The smallest absolute Gasteiger partial charge is 0.171 e. The molecule has 1 saturated carbocycles. The van der Waals surface area contributed by atoms with E-state index in [0.29, 0.717) is 12.3 Å². The van der Waals surface area contributed by atoms with Crippen LogP contribution in [-0.4, -0.2) is 6.18 Å². The van der Waals surface area contributed by atoms with Gasteiger partial charge in [0.2, 0.25) is 0 Å². The minimum absolute atomic E-state index is 0.200. The molecule has 0 nitrogen and oxygen atoms in total. The maximum Gasteiger partial charge on any atom is 0.392 e. The molecular formula is C13H23F3. The van der Waals surface area contributed by atoms with Gasteiger partial charge in [0.25, 0.3) is 0 Å². The Morgan fingerprint density at radius 1 is 1.12 bits per heavy atom. The molecule has 1 fully saturated rings. The SMILES string of the molecule is CCCC1CCC(C(F)(F)F)[C@@H](C)C(C)C1. The van der Waals surface area contributed by atoms with Crippen molar-refractivity contribution in [2.75, 3.05) is 0 Å². The van der Waals surface area contributed by atoms with E-state index in [0.717, 1.165) is 25.7 Å². The van der Waals surface area contributed by atoms with E-state index in [-0.39, 0.29) is 11.8 Å². The van der Waals surface area contributed by atoms with Crippen LogP contribution in [0.3, 0.4) is 0 Å². The van der Waals surface area contributed by atoms with Crippen molar-refractivity contribution in [2.45, 2.75) is 59.1 Å². The predicted molar refractivity (Wildman–Crippen MR) is 60.1 cm³/mol. The molecule has 4 atom stereocenters. The average Bonchev–Trinajstić information content (AvgIpc) is 2.27. The molecule has 0 aromatic heterocycles. The van der Waals surface area contributed by atoms with Gasteiger partial charge >= 0.3 is 6.18 Å². The minimum atomic E-state index is -4.01. The first kappa shape index (κ1) is 13.9. The first-order valence-electron chi connectivity index (χ1n) is 6.43. The van der Waals surface area contributed by atoms with Crippen molar-refractivity contribution in [1.82, 2.24) is 0 Å². The quantitative estimate of drug-likeness (QED) is 0.589. The monoisotopic (exact) mass is 236 g/mol. The van der Waals surface area contributed by atoms with E-state index in [1.165, 1.54) is 0 Å². The number of hydrogen-bond donors (Lipinski definition) is 0. The van der Waals surface area contributed by atoms with E-state index in [1.807, 2.05) is 6.92 Å². The van der Waals surface area contributed by atoms with Crippen LogP contribution in [0, 0.1) is 23.7 Å². The second-order valence-corrected chi connectivity index (χ2v) is 5.45. The second kappa shape index (κ2) is 5.42. The lowest BCUT2D eigenvalue weighted by atomic mass is 9.82. The van der Waals surface area contributed by atoms with Crippen LogP contribution >= 0.6 is 0 Å². The lowest BCUT2D eigenvalue weighted by molar-refractivity contribution is -0.192. The number of alkyl halides is 3. The van der Waals surface area contributed by atoms with Gasteiger partial charge in [-0.1, -0.05) is 33.6 Å². The largest absolute Gasteiger partial charge is 0.392 e. The average molecular weight is 236 g/mol. The highest BCUT2D eigenvalue weighted by molar-refractivity contribution is 4.83. The summed E-state index contributed by atoms with van der Waals surface area (Å²) in [6.45, 7) is 5.87. The fraction of sp³-hybridized carbons (Fsp3) is 1.00. The summed E-state index contributed by atoms with van der Waals surface area (Å²) >= 11 is 0. The predicted octanol–water partition coefficient (Wildman–Crippen LogP) is 5.04. The van der Waals surface area contributed by atoms with Gasteiger partial charge in [-0.25, -0.2) is 0 Å². The van der Waals surface area contributed by atoms with Gasteiger partial charge in [0, 0.05) is 0 Å². The molecule has 0 saturated heterocycles. The highest BCUT2D eigenvalue weighted by atomic mass is 19.4. The summed E-state index contributed by atoms with van der Waals surface area (Å²) < 4.78 is 38.6. The molecule has 0 radical (unpaired) electrons. The van der Waals surface area contributed by atoms with Crippen molar-refractivity contribution in [1.29, 1.82) is 0 Å². The summed E-state index contributed by atoms with van der Waals surface area (Å²) in [5.74, 6) is -0.591. The second-order valence-electron chi connectivity index (χ2n) is 5.45. The van der Waals surface area contributed by atoms with Gasteiger partial charge in [-0.15, -0.1) is 0 Å². The summed E-state index contributed by atoms with van der Waals surface area (Å²) in [7, 11) is 0. The Hall–Kier alpha value is -0.210. The fourth-order valence-corrected chi connectivity index (χ4v) is 3.07. The molecule has 0 spiro atoms. The minimum Gasteiger partial charge on any atom is -0.171 e. The van der Waals surface area contributed by atoms with Crippen molar-refractivity contribution in [3.05, 3.63) is 0 Å². The molecule has 0 amide bonds. The third kappa shape index (κ3) is 3.39. The molecule has 0 bridgehead atoms. The summed E-state index contributed by atoms with van der Waals surface area (Å²) in [6.07, 6.45) is 0.229. The van der Waals surface area contributed by atoms with Gasteiger partial charge in [-0.2, -0.15) is 13.2 Å². The lowest BCUT2D eigenvalue weighted by Crippen LogP contribution is -2.30. The molecule has 0 heterocycles. The van der Waals surface area contributed by atoms with Gasteiger partial charge in [-0.05, 0) is 37.0 Å². The van der Waals surface area contributed by atoms with E-state index in [1.54, 1.807) is 6.92 Å². The topological polar surface area (TPSA) is 0 Å². The van der Waals surface area contributed by atoms with E-state index >= 15 is 0 Å². The summed E-state index contributed by atoms with van der Waals surface area (Å²) in [4.78, 5) is 0. The van der Waals surface area contributed by atoms with E-state index in [2.05, 4.69) is 6.92 Å². The Bertz CT molecular complexity index is 210. The van der Waals surface area contributed by atoms with Crippen LogP contribution in [0.4, 0.5) is 13.2 Å². The zero-order valence-corrected chi connectivity index (χ0v) is 10.5. The first-order valence-corrected chi connectivity index (χ1v) is 6.43. The molecule has 3 heteroatoms. The molecule has 96 valence electrons. The van der Waals surface area contributed by atoms with Crippen molar-refractivity contribution in [3.63, 3.8) is 0 Å². The van der Waals surface area contributed by atoms with E-state index < -0.39 is 12.1 Å². The summed E-state index contributed by atoms with van der Waals surface area (Å²) in [6, 6.07) is 0. The van der Waals surface area contributed by atoms with Crippen LogP contribution in [0.1, 0.15) is 52.9 Å². The van der Waals surface area contributed by atoms with E-state index in [9.17, 15) is 13.2 Å². The van der Waals surface area contributed by atoms with Gasteiger partial charge in [0.1, 0.15) is 0 Å². The van der Waals surface area contributed by atoms with E-state index in [4.69, 9.17) is 0 Å². The molecular weight excluding hydrogens is 213 g/mol. The first-order chi connectivity index (χ1) is 7.36. The molecule has 1 aliphatic carbocycles. The molecule has 1 aliphatic rings. The van der Waals surface area contributed by atoms with Crippen LogP contribution < -0.4 is 0 Å². The zero-order chi connectivity index (χ0) is 12.3. The molecule has 0 aromatic rings. The summed E-state index contributed by atoms with van der Waals surface area (Å²) in [5.41, 5.74) is 0. The fourth-order valence-electron chi connectivity index (χ4n) is 3.07. The third-order valence-electron chi connectivity index (χ3n) is 4.24. The van der Waals surface area contributed by atoms with Crippen molar-refractivity contribution in [2.24, 2.45) is 23.7 Å². The summed E-state index contributed by atoms with van der Waals surface area (Å²) in [5, 5.41) is 0. The van der Waals surface area contributed by atoms with Gasteiger partial charge in [0.15, 0.2) is 0 Å². The Morgan fingerprint density at radius 2 is 1.75 bits per heavy atom. The molecule has 0 N–H and O–H groups in total. The van der Waals surface area contributed by atoms with Crippen LogP contribution in [0.2, 0.25) is 0 Å². The maximum absolute atomic E-state index is 12.9. The molecule has 16 heavy (non-hydrogen) atoms. The standard InChI is InChI=1S/C13H23F3/c1-4-5-11-6-7-12(13(14,15)16)10(3)9(2)8-11/h9-12H,4-8H2,1-3H3/t9?,10-,11?,12?/m0/s1. The number of rotatable bonds is 2. The molecule has 0 aliphatic heterocycles. The maximum atomic E-state index is 12.9. The van der Waals surface area contributed by atoms with Crippen molar-refractivity contribution >= 4 is 0 Å². The Kier molecular flexibility index (Phi) is 4.69. The van der Waals surface area contributed by atoms with Gasteiger partial charge in [0.05, 0.1) is 5.92 Å². The zero-order valence-electron chi connectivity index (χ0n) is 10.5. The van der Waals surface area contributed by atoms with Crippen molar-refractivity contribution < 1.29 is 13.2 Å². The van der Waals surface area contributed by atoms with Crippen LogP contribution in [0.5, 0.6) is 0 Å². The Labute approximate surface area is 96.6 Å². The van der Waals surface area contributed by atoms with Crippen LogP contribution in [-0.2, 0) is 0 Å². The third-order valence-corrected chi connectivity index (χ3v) is 4.24. The number of halogens is 3. The van der Waals surface area contributed by atoms with Gasteiger partial charge in [-0.3, -0.25) is 0 Å². The van der Waals surface area contributed by atoms with Crippen LogP contribution in [0.15, 0.2) is 0 Å². The van der Waals surface area contributed by atoms with Gasteiger partial charge < -0.3 is 0 Å². The lowest BCUT2D eigenvalue weighted by Gasteiger charge is -2.28. The normalized spacial score (nSPS) is 37.1. The Morgan fingerprint density at radius 3 is 2.25 bits per heavy atom. The number of hydrogen-bond acceptors (Lipinski definition) is 0. The van der Waals surface area contributed by atoms with Crippen molar-refractivity contribution in [3.8, 4) is 0 Å². The highest BCUT2D eigenvalue weighted by Gasteiger charge is 2.45. The molecule has 1 rings (SSSR count). The molecule has 3 unspecified atom stereocenters. The molecule has 0 aromatic carbocycles. The Balaban J connectivity index is 2.70. The highest BCUT2D eigenvalue weighted by Crippen LogP contribution is 2.44.